The van der Waals surface area contributed by atoms with Crippen LogP contribution < -0.4 is 11.1 Å². The Labute approximate surface area is 200 Å². The SMILES string of the molecule is CN(Cc1ccccc1)S(=O)(=O)c1ccc(NC(=O)CCn2nc(-c3cccs3)oc2=O)cc1. The average molecular weight is 499 g/mol. The normalized spacial score (nSPS) is 11.6. The van der Waals surface area contributed by atoms with Crippen molar-refractivity contribution in [3.63, 3.8) is 0 Å². The van der Waals surface area contributed by atoms with Crippen molar-refractivity contribution in [1.29, 1.82) is 0 Å². The topological polar surface area (TPSA) is 115 Å². The van der Waals surface area contributed by atoms with Gasteiger partial charge in [0.05, 0.1) is 16.3 Å². The van der Waals surface area contributed by atoms with Crippen LogP contribution in [0, 0.1) is 0 Å². The largest absolute Gasteiger partial charge is 0.437 e. The summed E-state index contributed by atoms with van der Waals surface area (Å²) in [6.45, 7) is 0.299. The van der Waals surface area contributed by atoms with Gasteiger partial charge in [-0.2, -0.15) is 8.99 Å². The van der Waals surface area contributed by atoms with E-state index in [9.17, 15) is 18.0 Å². The fourth-order valence-electron chi connectivity index (χ4n) is 3.19. The molecule has 11 heteroatoms. The summed E-state index contributed by atoms with van der Waals surface area (Å²) in [5.41, 5.74) is 1.33. The van der Waals surface area contributed by atoms with Crippen LogP contribution in [0.2, 0.25) is 0 Å². The minimum Gasteiger partial charge on any atom is -0.387 e. The van der Waals surface area contributed by atoms with Crippen LogP contribution in [0.5, 0.6) is 0 Å². The lowest BCUT2D eigenvalue weighted by molar-refractivity contribution is -0.116. The Morgan fingerprint density at radius 1 is 1.09 bits per heavy atom. The molecule has 1 N–H and O–H groups in total. The molecule has 0 atom stereocenters. The van der Waals surface area contributed by atoms with Crippen LogP contribution in [0.25, 0.3) is 10.8 Å². The zero-order valence-electron chi connectivity index (χ0n) is 18.2. The van der Waals surface area contributed by atoms with Gasteiger partial charge in [-0.15, -0.1) is 16.4 Å². The van der Waals surface area contributed by atoms with Crippen molar-refractivity contribution in [1.82, 2.24) is 14.1 Å². The molecular weight excluding hydrogens is 476 g/mol. The quantitative estimate of drug-likeness (QED) is 0.378. The maximum Gasteiger partial charge on any atom is 0.437 e. The van der Waals surface area contributed by atoms with Gasteiger partial charge in [0.1, 0.15) is 0 Å². The summed E-state index contributed by atoms with van der Waals surface area (Å²) in [5.74, 6) is -0.760. The molecule has 1 amide bonds. The van der Waals surface area contributed by atoms with Gasteiger partial charge in [-0.05, 0) is 41.3 Å². The van der Waals surface area contributed by atoms with Gasteiger partial charge in [0.15, 0.2) is 0 Å². The third-order valence-electron chi connectivity index (χ3n) is 4.98. The summed E-state index contributed by atoms with van der Waals surface area (Å²) in [7, 11) is -2.16. The molecule has 0 unspecified atom stereocenters. The first-order chi connectivity index (χ1) is 16.3. The number of amides is 1. The molecule has 0 bridgehead atoms. The predicted molar refractivity (Wildman–Crippen MR) is 129 cm³/mol. The number of anilines is 1. The first-order valence-electron chi connectivity index (χ1n) is 10.3. The van der Waals surface area contributed by atoms with E-state index < -0.39 is 15.8 Å². The predicted octanol–water partition coefficient (Wildman–Crippen LogP) is 3.41. The highest BCUT2D eigenvalue weighted by atomic mass is 32.2. The summed E-state index contributed by atoms with van der Waals surface area (Å²) in [6, 6.07) is 18.9. The summed E-state index contributed by atoms with van der Waals surface area (Å²) in [4.78, 5) is 25.1. The van der Waals surface area contributed by atoms with Crippen LogP contribution in [0.15, 0.2) is 86.2 Å². The number of nitrogens with one attached hydrogen (secondary N) is 1. The molecule has 0 saturated heterocycles. The average Bonchev–Trinajstić information content (AvgIpc) is 3.48. The minimum atomic E-state index is -3.69. The summed E-state index contributed by atoms with van der Waals surface area (Å²) in [5, 5.41) is 8.65. The van der Waals surface area contributed by atoms with Crippen molar-refractivity contribution in [3.8, 4) is 10.8 Å². The highest BCUT2D eigenvalue weighted by molar-refractivity contribution is 7.89. The maximum absolute atomic E-state index is 12.8. The zero-order chi connectivity index (χ0) is 24.1. The first-order valence-corrected chi connectivity index (χ1v) is 12.7. The van der Waals surface area contributed by atoms with E-state index in [-0.39, 0.29) is 36.2 Å². The monoisotopic (exact) mass is 498 g/mol. The maximum atomic E-state index is 12.8. The molecule has 2 aromatic heterocycles. The molecule has 2 aromatic carbocycles. The van der Waals surface area contributed by atoms with E-state index in [0.29, 0.717) is 5.69 Å². The smallest absolute Gasteiger partial charge is 0.387 e. The van der Waals surface area contributed by atoms with E-state index >= 15 is 0 Å². The molecule has 0 spiro atoms. The molecule has 34 heavy (non-hydrogen) atoms. The molecule has 0 radical (unpaired) electrons. The number of thiophene rings is 1. The Morgan fingerprint density at radius 3 is 2.50 bits per heavy atom. The Hall–Kier alpha value is -3.54. The fourth-order valence-corrected chi connectivity index (χ4v) is 5.00. The third-order valence-corrected chi connectivity index (χ3v) is 7.66. The highest BCUT2D eigenvalue weighted by Gasteiger charge is 2.21. The number of rotatable bonds is 9. The number of nitrogens with zero attached hydrogens (tertiary/aromatic N) is 3. The fraction of sp³-hybridized carbons (Fsp3) is 0.174. The van der Waals surface area contributed by atoms with Crippen LogP contribution in [0.3, 0.4) is 0 Å². The van der Waals surface area contributed by atoms with E-state index in [4.69, 9.17) is 4.42 Å². The second-order valence-corrected chi connectivity index (χ2v) is 10.4. The van der Waals surface area contributed by atoms with E-state index in [1.54, 1.807) is 6.07 Å². The number of carbonyl (C=O) groups excluding carboxylic acids is 1. The Balaban J connectivity index is 1.34. The van der Waals surface area contributed by atoms with Crippen molar-refractivity contribution in [3.05, 3.63) is 88.2 Å². The molecule has 2 heterocycles. The summed E-state index contributed by atoms with van der Waals surface area (Å²) >= 11 is 1.40. The molecule has 0 aliphatic rings. The third kappa shape index (κ3) is 5.50. The van der Waals surface area contributed by atoms with Crippen LogP contribution in [-0.4, -0.2) is 35.5 Å². The number of carbonyl (C=O) groups is 1. The number of sulfonamides is 1. The number of benzene rings is 2. The lowest BCUT2D eigenvalue weighted by Crippen LogP contribution is -2.26. The molecule has 0 aliphatic carbocycles. The second-order valence-electron chi connectivity index (χ2n) is 7.44. The second kappa shape index (κ2) is 10.2. The van der Waals surface area contributed by atoms with Crippen LogP contribution in [-0.2, 0) is 27.9 Å². The van der Waals surface area contributed by atoms with Crippen LogP contribution in [0.4, 0.5) is 5.69 Å². The molecule has 9 nitrogen and oxygen atoms in total. The minimum absolute atomic E-state index is 0.00379. The van der Waals surface area contributed by atoms with Crippen molar-refractivity contribution < 1.29 is 17.6 Å². The van der Waals surface area contributed by atoms with Crippen molar-refractivity contribution in [2.45, 2.75) is 24.4 Å². The Morgan fingerprint density at radius 2 is 1.82 bits per heavy atom. The zero-order valence-corrected chi connectivity index (χ0v) is 19.9. The van der Waals surface area contributed by atoms with Gasteiger partial charge in [-0.3, -0.25) is 4.79 Å². The number of hydrogen-bond acceptors (Lipinski definition) is 7. The number of aromatic nitrogens is 2. The summed E-state index contributed by atoms with van der Waals surface area (Å²) < 4.78 is 33.2. The van der Waals surface area contributed by atoms with E-state index in [2.05, 4.69) is 10.4 Å². The molecule has 0 fully saturated rings. The van der Waals surface area contributed by atoms with Gasteiger partial charge in [-0.1, -0.05) is 36.4 Å². The molecule has 0 aliphatic heterocycles. The standard InChI is InChI=1S/C23H22N4O5S2/c1-26(16-17-6-3-2-4-7-17)34(30,31)19-11-9-18(10-12-19)24-21(28)13-14-27-23(29)32-22(25-27)20-8-5-15-33-20/h2-12,15H,13-14,16H2,1H3,(H,24,28). The molecule has 4 rings (SSSR count). The number of hydrogen-bond donors (Lipinski definition) is 1. The molecule has 0 saturated carbocycles. The molecule has 176 valence electrons. The first kappa shape index (κ1) is 23.6. The van der Waals surface area contributed by atoms with E-state index in [1.165, 1.54) is 47.0 Å². The van der Waals surface area contributed by atoms with Gasteiger partial charge >= 0.3 is 5.76 Å². The molecular formula is C23H22N4O5S2. The van der Waals surface area contributed by atoms with E-state index in [1.807, 2.05) is 41.8 Å². The van der Waals surface area contributed by atoms with Crippen molar-refractivity contribution in [2.24, 2.45) is 0 Å². The van der Waals surface area contributed by atoms with Crippen LogP contribution >= 0.6 is 11.3 Å². The highest BCUT2D eigenvalue weighted by Crippen LogP contribution is 2.21. The lowest BCUT2D eigenvalue weighted by Gasteiger charge is -2.17. The lowest BCUT2D eigenvalue weighted by atomic mass is 10.2. The van der Waals surface area contributed by atoms with Crippen LogP contribution in [0.1, 0.15) is 12.0 Å². The summed E-state index contributed by atoms with van der Waals surface area (Å²) in [6.07, 6.45) is -0.00379. The van der Waals surface area contributed by atoms with Gasteiger partial charge in [0, 0.05) is 25.7 Å². The van der Waals surface area contributed by atoms with Gasteiger partial charge in [-0.25, -0.2) is 13.2 Å². The van der Waals surface area contributed by atoms with Gasteiger partial charge < -0.3 is 9.73 Å². The van der Waals surface area contributed by atoms with E-state index in [0.717, 1.165) is 15.1 Å². The molecule has 4 aromatic rings. The van der Waals surface area contributed by atoms with Crippen molar-refractivity contribution in [2.75, 3.05) is 12.4 Å². The van der Waals surface area contributed by atoms with Gasteiger partial charge in [0.2, 0.25) is 15.9 Å². The van der Waals surface area contributed by atoms with Gasteiger partial charge in [0.25, 0.3) is 5.89 Å². The Kier molecular flexibility index (Phi) is 7.06. The van der Waals surface area contributed by atoms with Crippen molar-refractivity contribution >= 4 is 33.0 Å². The number of aryl methyl sites for hydroxylation is 1. The Bertz CT molecular complexity index is 1410.